The van der Waals surface area contributed by atoms with Gasteiger partial charge in [0.05, 0.1) is 0 Å². The predicted octanol–water partition coefficient (Wildman–Crippen LogP) is 0.872. The molecular weight excluding hydrogens is 215 g/mol. The Hall–Kier alpha value is -1.27. The summed E-state index contributed by atoms with van der Waals surface area (Å²) >= 11 is 0. The minimum absolute atomic E-state index is 0.00558. The summed E-state index contributed by atoms with van der Waals surface area (Å²) in [4.78, 5) is 21.5. The van der Waals surface area contributed by atoms with Gasteiger partial charge in [0.2, 0.25) is 0 Å². The second kappa shape index (κ2) is 4.08. The maximum absolute atomic E-state index is 11.9. The third-order valence-corrected chi connectivity index (χ3v) is 2.25. The number of carboxylic acids is 1. The van der Waals surface area contributed by atoms with E-state index in [1.54, 1.807) is 0 Å². The number of carbonyl (C=O) groups excluding carboxylic acids is 1. The van der Waals surface area contributed by atoms with Crippen molar-refractivity contribution in [3.63, 3.8) is 0 Å². The third kappa shape index (κ3) is 3.10. The zero-order valence-corrected chi connectivity index (χ0v) is 7.75. The zero-order chi connectivity index (χ0) is 11.6. The molecule has 0 radical (unpaired) electrons. The molecule has 1 rings (SSSR count). The first-order valence-electron chi connectivity index (χ1n) is 4.38. The highest BCUT2D eigenvalue weighted by Gasteiger charge is 2.46. The molecule has 0 atom stereocenters. The number of halogens is 3. The third-order valence-electron chi connectivity index (χ3n) is 2.25. The fourth-order valence-corrected chi connectivity index (χ4v) is 1.43. The van der Waals surface area contributed by atoms with Gasteiger partial charge < -0.3 is 10.0 Å². The molecule has 0 bridgehead atoms. The molecule has 0 aromatic heterocycles. The van der Waals surface area contributed by atoms with Crippen LogP contribution in [0, 0.1) is 5.92 Å². The van der Waals surface area contributed by atoms with E-state index >= 15 is 0 Å². The van der Waals surface area contributed by atoms with E-state index in [1.165, 1.54) is 0 Å². The minimum Gasteiger partial charge on any atom is -0.481 e. The first kappa shape index (κ1) is 11.8. The van der Waals surface area contributed by atoms with E-state index in [-0.39, 0.29) is 25.4 Å². The molecule has 1 heterocycles. The van der Waals surface area contributed by atoms with Crippen LogP contribution in [0.15, 0.2) is 0 Å². The maximum atomic E-state index is 11.9. The minimum atomic E-state index is -4.82. The monoisotopic (exact) mass is 225 g/mol. The van der Waals surface area contributed by atoms with E-state index in [9.17, 15) is 22.8 Å². The predicted molar refractivity (Wildman–Crippen MR) is 43.0 cm³/mol. The summed E-state index contributed by atoms with van der Waals surface area (Å²) < 4.78 is 35.6. The van der Waals surface area contributed by atoms with Crippen molar-refractivity contribution in [1.29, 1.82) is 0 Å². The number of hydrogen-bond donors (Lipinski definition) is 1. The molecule has 0 unspecified atom stereocenters. The molecular formula is C8H10F3NO3. The van der Waals surface area contributed by atoms with Crippen LogP contribution in [0.4, 0.5) is 13.2 Å². The van der Waals surface area contributed by atoms with Gasteiger partial charge in [-0.25, -0.2) is 0 Å². The van der Waals surface area contributed by atoms with Gasteiger partial charge in [0, 0.05) is 19.5 Å². The van der Waals surface area contributed by atoms with Gasteiger partial charge in [-0.1, -0.05) is 0 Å². The lowest BCUT2D eigenvalue weighted by Gasteiger charge is -2.39. The molecule has 4 nitrogen and oxygen atoms in total. The number of amides is 1. The van der Waals surface area contributed by atoms with Gasteiger partial charge in [0.15, 0.2) is 0 Å². The second-order valence-electron chi connectivity index (χ2n) is 3.51. The topological polar surface area (TPSA) is 57.6 Å². The summed E-state index contributed by atoms with van der Waals surface area (Å²) in [5.41, 5.74) is 0. The van der Waals surface area contributed by atoms with Crippen LogP contribution in [0.3, 0.4) is 0 Å². The molecule has 7 heteroatoms. The lowest BCUT2D eigenvalue weighted by molar-refractivity contribution is -0.191. The van der Waals surface area contributed by atoms with Crippen molar-refractivity contribution in [2.24, 2.45) is 5.92 Å². The number of carboxylic acid groups (broad SMARTS) is 1. The number of aliphatic carboxylic acids is 1. The van der Waals surface area contributed by atoms with Crippen LogP contribution in [0.2, 0.25) is 0 Å². The lowest BCUT2D eigenvalue weighted by atomic mass is 9.94. The van der Waals surface area contributed by atoms with Gasteiger partial charge in [0.1, 0.15) is 0 Å². The van der Waals surface area contributed by atoms with Crippen LogP contribution < -0.4 is 0 Å². The molecule has 1 saturated heterocycles. The first-order valence-corrected chi connectivity index (χ1v) is 4.38. The Kier molecular flexibility index (Phi) is 3.21. The zero-order valence-electron chi connectivity index (χ0n) is 7.75. The fraction of sp³-hybridized carbons (Fsp3) is 0.750. The number of alkyl halides is 3. The van der Waals surface area contributed by atoms with E-state index in [2.05, 4.69) is 0 Å². The molecule has 0 aromatic carbocycles. The van der Waals surface area contributed by atoms with E-state index in [0.717, 1.165) is 0 Å². The van der Waals surface area contributed by atoms with Gasteiger partial charge in [-0.05, 0) is 12.3 Å². The molecule has 1 fully saturated rings. The number of hydrogen-bond acceptors (Lipinski definition) is 2. The van der Waals surface area contributed by atoms with Crippen molar-refractivity contribution in [2.75, 3.05) is 13.1 Å². The van der Waals surface area contributed by atoms with Crippen LogP contribution in [-0.2, 0) is 9.59 Å². The summed E-state index contributed by atoms with van der Waals surface area (Å²) in [6, 6.07) is 0. The summed E-state index contributed by atoms with van der Waals surface area (Å²) in [6.45, 7) is 0.0112. The molecule has 1 aliphatic rings. The van der Waals surface area contributed by atoms with Gasteiger partial charge in [-0.15, -0.1) is 0 Å². The average Bonchev–Trinajstić information content (AvgIpc) is 1.98. The molecule has 1 aliphatic heterocycles. The number of carbonyl (C=O) groups is 2. The van der Waals surface area contributed by atoms with Gasteiger partial charge in [-0.2, -0.15) is 13.2 Å². The summed E-state index contributed by atoms with van der Waals surface area (Å²) in [6.07, 6.45) is -4.58. The van der Waals surface area contributed by atoms with Crippen molar-refractivity contribution in [1.82, 2.24) is 4.90 Å². The maximum Gasteiger partial charge on any atom is 0.471 e. The van der Waals surface area contributed by atoms with Crippen molar-refractivity contribution in [3.8, 4) is 0 Å². The Labute approximate surface area is 83.7 Å². The highest BCUT2D eigenvalue weighted by molar-refractivity contribution is 5.82. The second-order valence-corrected chi connectivity index (χ2v) is 3.51. The summed E-state index contributed by atoms with van der Waals surface area (Å²) in [5.74, 6) is -2.93. The average molecular weight is 225 g/mol. The normalized spacial score (nSPS) is 17.4. The Bertz CT molecular complexity index is 271. The quantitative estimate of drug-likeness (QED) is 0.775. The smallest absolute Gasteiger partial charge is 0.471 e. The summed E-state index contributed by atoms with van der Waals surface area (Å²) in [5, 5.41) is 8.33. The molecule has 0 saturated carbocycles. The van der Waals surface area contributed by atoms with Crippen molar-refractivity contribution in [2.45, 2.75) is 19.0 Å². The Balaban J connectivity index is 2.26. The molecule has 0 aromatic rings. The van der Waals surface area contributed by atoms with Crippen LogP contribution in [0.1, 0.15) is 12.8 Å². The van der Waals surface area contributed by atoms with E-state index in [0.29, 0.717) is 11.3 Å². The SMILES string of the molecule is O=C(O)CCC1CN(C(=O)C(F)(F)F)C1. The van der Waals surface area contributed by atoms with Crippen LogP contribution in [0.25, 0.3) is 0 Å². The standard InChI is InChI=1S/C8H10F3NO3/c9-8(10,11)7(15)12-3-5(4-12)1-2-6(13)14/h5H,1-4H2,(H,13,14). The Morgan fingerprint density at radius 3 is 2.27 bits per heavy atom. The van der Waals surface area contributed by atoms with Crippen molar-refractivity contribution in [3.05, 3.63) is 0 Å². The molecule has 0 spiro atoms. The summed E-state index contributed by atoms with van der Waals surface area (Å²) in [7, 11) is 0. The van der Waals surface area contributed by atoms with Crippen LogP contribution in [-0.4, -0.2) is 41.1 Å². The molecule has 15 heavy (non-hydrogen) atoms. The van der Waals surface area contributed by atoms with E-state index in [1.807, 2.05) is 0 Å². The highest BCUT2D eigenvalue weighted by Crippen LogP contribution is 2.26. The lowest BCUT2D eigenvalue weighted by Crippen LogP contribution is -2.54. The largest absolute Gasteiger partial charge is 0.481 e. The number of rotatable bonds is 3. The molecule has 86 valence electrons. The molecule has 0 aliphatic carbocycles. The van der Waals surface area contributed by atoms with Crippen LogP contribution in [0.5, 0.6) is 0 Å². The van der Waals surface area contributed by atoms with Crippen molar-refractivity contribution >= 4 is 11.9 Å². The number of nitrogens with zero attached hydrogens (tertiary/aromatic N) is 1. The number of likely N-dealkylation sites (tertiary alicyclic amines) is 1. The Morgan fingerprint density at radius 2 is 1.87 bits per heavy atom. The first-order chi connectivity index (χ1) is 6.80. The van der Waals surface area contributed by atoms with E-state index < -0.39 is 18.1 Å². The fourth-order valence-electron chi connectivity index (χ4n) is 1.43. The molecule has 1 N–H and O–H groups in total. The highest BCUT2D eigenvalue weighted by atomic mass is 19.4. The van der Waals surface area contributed by atoms with Crippen molar-refractivity contribution < 1.29 is 27.9 Å². The Morgan fingerprint density at radius 1 is 1.33 bits per heavy atom. The van der Waals surface area contributed by atoms with E-state index in [4.69, 9.17) is 5.11 Å². The van der Waals surface area contributed by atoms with Gasteiger partial charge >= 0.3 is 18.1 Å². The molecule has 1 amide bonds. The van der Waals surface area contributed by atoms with Gasteiger partial charge in [0.25, 0.3) is 0 Å². The van der Waals surface area contributed by atoms with Gasteiger partial charge in [-0.3, -0.25) is 9.59 Å². The van der Waals surface area contributed by atoms with Crippen LogP contribution >= 0.6 is 0 Å².